The lowest BCUT2D eigenvalue weighted by Gasteiger charge is -2.29. The van der Waals surface area contributed by atoms with E-state index in [0.29, 0.717) is 30.3 Å². The standard InChI is InChI=1S/C20H21BrN2O4/c21-16-13-15(3-4-17(16)23-6-10-25-11-7-23)22-20(24)14-2-5-18-19(12-14)27-9-1-8-26-18/h2-5,12-13H,1,6-11H2,(H,22,24). The van der Waals surface area contributed by atoms with Crippen LogP contribution in [0.3, 0.4) is 0 Å². The zero-order valence-corrected chi connectivity index (χ0v) is 16.5. The van der Waals surface area contributed by atoms with Crippen LogP contribution in [0.1, 0.15) is 16.8 Å². The molecule has 2 heterocycles. The molecule has 2 aliphatic heterocycles. The van der Waals surface area contributed by atoms with Crippen molar-refractivity contribution < 1.29 is 19.0 Å². The summed E-state index contributed by atoms with van der Waals surface area (Å²) in [6, 6.07) is 11.1. The average Bonchev–Trinajstić information content (AvgIpc) is 2.93. The molecule has 2 aromatic rings. The summed E-state index contributed by atoms with van der Waals surface area (Å²) >= 11 is 3.62. The Labute approximate surface area is 166 Å². The van der Waals surface area contributed by atoms with Gasteiger partial charge < -0.3 is 24.4 Å². The first-order valence-corrected chi connectivity index (χ1v) is 9.83. The maximum Gasteiger partial charge on any atom is 0.255 e. The van der Waals surface area contributed by atoms with Crippen LogP contribution in [0.5, 0.6) is 11.5 Å². The molecule has 2 aliphatic rings. The lowest BCUT2D eigenvalue weighted by atomic mass is 10.1. The maximum absolute atomic E-state index is 12.6. The van der Waals surface area contributed by atoms with Crippen molar-refractivity contribution in [3.8, 4) is 11.5 Å². The summed E-state index contributed by atoms with van der Waals surface area (Å²) in [4.78, 5) is 14.9. The highest BCUT2D eigenvalue weighted by Gasteiger charge is 2.16. The number of ether oxygens (including phenoxy) is 3. The van der Waals surface area contributed by atoms with E-state index in [2.05, 4.69) is 26.1 Å². The molecule has 0 bridgehead atoms. The molecule has 0 aliphatic carbocycles. The molecule has 0 spiro atoms. The third kappa shape index (κ3) is 4.20. The van der Waals surface area contributed by atoms with E-state index < -0.39 is 0 Å². The molecular formula is C20H21BrN2O4. The van der Waals surface area contributed by atoms with Crippen LogP contribution in [-0.4, -0.2) is 45.4 Å². The van der Waals surface area contributed by atoms with Gasteiger partial charge in [0, 0.05) is 35.2 Å². The first kappa shape index (κ1) is 18.1. The second kappa shape index (κ2) is 8.19. The molecule has 0 aromatic heterocycles. The van der Waals surface area contributed by atoms with Gasteiger partial charge in [-0.3, -0.25) is 4.79 Å². The Balaban J connectivity index is 1.48. The highest BCUT2D eigenvalue weighted by atomic mass is 79.9. The van der Waals surface area contributed by atoms with E-state index in [1.165, 1.54) is 0 Å². The van der Waals surface area contributed by atoms with Gasteiger partial charge in [0.05, 0.1) is 32.1 Å². The fourth-order valence-electron chi connectivity index (χ4n) is 3.15. The number of carbonyl (C=O) groups is 1. The Morgan fingerprint density at radius 1 is 0.963 bits per heavy atom. The fraction of sp³-hybridized carbons (Fsp3) is 0.350. The van der Waals surface area contributed by atoms with Crippen molar-refractivity contribution in [2.45, 2.75) is 6.42 Å². The highest BCUT2D eigenvalue weighted by molar-refractivity contribution is 9.10. The number of amides is 1. The zero-order valence-electron chi connectivity index (χ0n) is 14.9. The largest absolute Gasteiger partial charge is 0.490 e. The lowest BCUT2D eigenvalue weighted by Crippen LogP contribution is -2.36. The third-order valence-corrected chi connectivity index (χ3v) is 5.20. The number of halogens is 1. The number of benzene rings is 2. The van der Waals surface area contributed by atoms with Crippen LogP contribution in [0, 0.1) is 0 Å². The predicted octanol–water partition coefficient (Wildman–Crippen LogP) is 3.70. The van der Waals surface area contributed by atoms with Crippen LogP contribution in [0.4, 0.5) is 11.4 Å². The van der Waals surface area contributed by atoms with Gasteiger partial charge in [-0.05, 0) is 52.3 Å². The van der Waals surface area contributed by atoms with Crippen molar-refractivity contribution in [2.75, 3.05) is 49.7 Å². The number of fused-ring (bicyclic) bond motifs is 1. The molecule has 0 atom stereocenters. The van der Waals surface area contributed by atoms with Gasteiger partial charge in [0.2, 0.25) is 0 Å². The Morgan fingerprint density at radius 2 is 1.74 bits per heavy atom. The second-order valence-corrected chi connectivity index (χ2v) is 7.29. The van der Waals surface area contributed by atoms with Gasteiger partial charge in [0.15, 0.2) is 11.5 Å². The molecule has 2 aromatic carbocycles. The van der Waals surface area contributed by atoms with Crippen molar-refractivity contribution in [1.29, 1.82) is 0 Å². The molecule has 0 unspecified atom stereocenters. The summed E-state index contributed by atoms with van der Waals surface area (Å²) in [5.41, 5.74) is 2.37. The number of carbonyl (C=O) groups excluding carboxylic acids is 1. The highest BCUT2D eigenvalue weighted by Crippen LogP contribution is 2.32. The molecule has 142 valence electrons. The van der Waals surface area contributed by atoms with E-state index >= 15 is 0 Å². The van der Waals surface area contributed by atoms with E-state index in [1.54, 1.807) is 18.2 Å². The number of hydrogen-bond donors (Lipinski definition) is 1. The molecule has 4 rings (SSSR count). The average molecular weight is 433 g/mol. The predicted molar refractivity (Wildman–Crippen MR) is 107 cm³/mol. The Hall–Kier alpha value is -2.25. The summed E-state index contributed by atoms with van der Waals surface area (Å²) in [6.45, 7) is 4.41. The number of hydrogen-bond acceptors (Lipinski definition) is 5. The topological polar surface area (TPSA) is 60.0 Å². The summed E-state index contributed by atoms with van der Waals surface area (Å²) in [5, 5.41) is 2.94. The van der Waals surface area contributed by atoms with Crippen molar-refractivity contribution in [3.05, 3.63) is 46.4 Å². The minimum Gasteiger partial charge on any atom is -0.490 e. The monoisotopic (exact) mass is 432 g/mol. The Kier molecular flexibility index (Phi) is 5.50. The van der Waals surface area contributed by atoms with Gasteiger partial charge in [-0.1, -0.05) is 0 Å². The zero-order chi connectivity index (χ0) is 18.6. The van der Waals surface area contributed by atoms with Gasteiger partial charge in [-0.2, -0.15) is 0 Å². The van der Waals surface area contributed by atoms with Gasteiger partial charge >= 0.3 is 0 Å². The second-order valence-electron chi connectivity index (χ2n) is 6.43. The summed E-state index contributed by atoms with van der Waals surface area (Å²) in [6.07, 6.45) is 0.833. The number of anilines is 2. The van der Waals surface area contributed by atoms with Gasteiger partial charge in [-0.15, -0.1) is 0 Å². The minimum atomic E-state index is -0.184. The van der Waals surface area contributed by atoms with Crippen LogP contribution in [0.2, 0.25) is 0 Å². The van der Waals surface area contributed by atoms with Gasteiger partial charge in [0.25, 0.3) is 5.91 Å². The molecule has 1 N–H and O–H groups in total. The lowest BCUT2D eigenvalue weighted by molar-refractivity contribution is 0.102. The van der Waals surface area contributed by atoms with E-state index in [0.717, 1.165) is 48.6 Å². The van der Waals surface area contributed by atoms with E-state index in [4.69, 9.17) is 14.2 Å². The first-order chi connectivity index (χ1) is 13.2. The molecule has 0 saturated carbocycles. The molecule has 0 radical (unpaired) electrons. The van der Waals surface area contributed by atoms with Crippen LogP contribution >= 0.6 is 15.9 Å². The van der Waals surface area contributed by atoms with Crippen LogP contribution in [0.25, 0.3) is 0 Å². The van der Waals surface area contributed by atoms with Crippen molar-refractivity contribution in [2.24, 2.45) is 0 Å². The SMILES string of the molecule is O=C(Nc1ccc(N2CCOCC2)c(Br)c1)c1ccc2c(c1)OCCCO2. The van der Waals surface area contributed by atoms with E-state index in [-0.39, 0.29) is 5.91 Å². The van der Waals surface area contributed by atoms with Crippen molar-refractivity contribution in [1.82, 2.24) is 0 Å². The van der Waals surface area contributed by atoms with E-state index in [9.17, 15) is 4.79 Å². The maximum atomic E-state index is 12.6. The molecule has 7 heteroatoms. The molecule has 6 nitrogen and oxygen atoms in total. The quantitative estimate of drug-likeness (QED) is 0.800. The minimum absolute atomic E-state index is 0.184. The molecule has 27 heavy (non-hydrogen) atoms. The van der Waals surface area contributed by atoms with Gasteiger partial charge in [0.1, 0.15) is 0 Å². The normalized spacial score (nSPS) is 16.6. The van der Waals surface area contributed by atoms with Crippen LogP contribution in [0.15, 0.2) is 40.9 Å². The number of rotatable bonds is 3. The number of nitrogens with one attached hydrogen (secondary N) is 1. The Morgan fingerprint density at radius 3 is 2.52 bits per heavy atom. The first-order valence-electron chi connectivity index (χ1n) is 9.04. The summed E-state index contributed by atoms with van der Waals surface area (Å²) in [7, 11) is 0. The van der Waals surface area contributed by atoms with E-state index in [1.807, 2.05) is 18.2 Å². The molecular weight excluding hydrogens is 412 g/mol. The fourth-order valence-corrected chi connectivity index (χ4v) is 3.78. The number of morpholine rings is 1. The summed E-state index contributed by atoms with van der Waals surface area (Å²) in [5.74, 6) is 1.11. The number of nitrogens with zero attached hydrogens (tertiary/aromatic N) is 1. The smallest absolute Gasteiger partial charge is 0.255 e. The third-order valence-electron chi connectivity index (χ3n) is 4.57. The van der Waals surface area contributed by atoms with Crippen LogP contribution < -0.4 is 19.7 Å². The molecule has 1 amide bonds. The van der Waals surface area contributed by atoms with Gasteiger partial charge in [-0.25, -0.2) is 0 Å². The molecule has 1 fully saturated rings. The Bertz CT molecular complexity index is 837. The molecule has 1 saturated heterocycles. The van der Waals surface area contributed by atoms with Crippen LogP contribution in [-0.2, 0) is 4.74 Å². The van der Waals surface area contributed by atoms with Crippen molar-refractivity contribution >= 4 is 33.2 Å². The summed E-state index contributed by atoms with van der Waals surface area (Å²) < 4.78 is 17.6. The van der Waals surface area contributed by atoms with Crippen molar-refractivity contribution in [3.63, 3.8) is 0 Å².